The third-order valence-corrected chi connectivity index (χ3v) is 3.69. The second kappa shape index (κ2) is 7.46. The van der Waals surface area contributed by atoms with E-state index in [0.29, 0.717) is 13.1 Å². The molecular formula is C15H31NO2. The molecule has 0 aromatic carbocycles. The Morgan fingerprint density at radius 3 is 2.17 bits per heavy atom. The molecule has 0 aromatic heterocycles. The zero-order valence-corrected chi connectivity index (χ0v) is 12.3. The van der Waals surface area contributed by atoms with E-state index in [1.165, 1.54) is 25.7 Å². The summed E-state index contributed by atoms with van der Waals surface area (Å²) in [4.78, 5) is 0. The van der Waals surface area contributed by atoms with E-state index in [1.807, 2.05) is 0 Å². The molecule has 3 nitrogen and oxygen atoms in total. The van der Waals surface area contributed by atoms with Crippen LogP contribution < -0.4 is 5.32 Å². The largest absolute Gasteiger partial charge is 0.392 e. The second-order valence-corrected chi connectivity index (χ2v) is 7.12. The van der Waals surface area contributed by atoms with Gasteiger partial charge in [-0.2, -0.15) is 0 Å². The van der Waals surface area contributed by atoms with Crippen molar-refractivity contribution in [3.8, 4) is 0 Å². The van der Waals surface area contributed by atoms with Crippen molar-refractivity contribution < 1.29 is 10.2 Å². The van der Waals surface area contributed by atoms with Crippen LogP contribution in [0, 0.1) is 11.3 Å². The highest BCUT2D eigenvalue weighted by Crippen LogP contribution is 2.28. The van der Waals surface area contributed by atoms with Crippen LogP contribution in [0.5, 0.6) is 0 Å². The summed E-state index contributed by atoms with van der Waals surface area (Å²) in [6.07, 6.45) is 6.36. The van der Waals surface area contributed by atoms with E-state index in [4.69, 9.17) is 0 Å². The maximum absolute atomic E-state index is 9.91. The van der Waals surface area contributed by atoms with E-state index in [-0.39, 0.29) is 17.6 Å². The monoisotopic (exact) mass is 257 g/mol. The summed E-state index contributed by atoms with van der Waals surface area (Å²) in [5.74, 6) is 0.723. The normalized spacial score (nSPS) is 21.2. The van der Waals surface area contributed by atoms with Crippen molar-refractivity contribution in [2.45, 2.75) is 71.5 Å². The minimum atomic E-state index is -0.316. The number of aliphatic hydroxyl groups excluding tert-OH is 2. The predicted octanol–water partition coefficient (Wildman–Crippen LogP) is 2.31. The lowest BCUT2D eigenvalue weighted by Gasteiger charge is -2.23. The van der Waals surface area contributed by atoms with Gasteiger partial charge in [0.25, 0.3) is 0 Å². The van der Waals surface area contributed by atoms with Crippen molar-refractivity contribution in [3.05, 3.63) is 0 Å². The molecule has 1 aliphatic rings. The molecule has 0 saturated heterocycles. The van der Waals surface area contributed by atoms with Gasteiger partial charge >= 0.3 is 0 Å². The Balaban J connectivity index is 2.05. The van der Waals surface area contributed by atoms with Crippen molar-refractivity contribution >= 4 is 0 Å². The molecule has 0 bridgehead atoms. The Hall–Kier alpha value is -0.120. The van der Waals surface area contributed by atoms with Crippen LogP contribution in [0.15, 0.2) is 0 Å². The van der Waals surface area contributed by atoms with Crippen molar-refractivity contribution in [2.75, 3.05) is 13.1 Å². The summed E-state index contributed by atoms with van der Waals surface area (Å²) in [6, 6.07) is 0. The number of rotatable bonds is 7. The summed E-state index contributed by atoms with van der Waals surface area (Å²) in [7, 11) is 0. The number of hydrogen-bond donors (Lipinski definition) is 3. The van der Waals surface area contributed by atoms with Gasteiger partial charge in [-0.1, -0.05) is 46.5 Å². The third-order valence-electron chi connectivity index (χ3n) is 3.69. The topological polar surface area (TPSA) is 52.5 Å². The van der Waals surface area contributed by atoms with Gasteiger partial charge in [-0.15, -0.1) is 0 Å². The van der Waals surface area contributed by atoms with E-state index in [1.54, 1.807) is 0 Å². The van der Waals surface area contributed by atoms with Gasteiger partial charge in [0.2, 0.25) is 0 Å². The van der Waals surface area contributed by atoms with Crippen LogP contribution in [0.3, 0.4) is 0 Å². The summed E-state index contributed by atoms with van der Waals surface area (Å²) in [5.41, 5.74) is 0.156. The SMILES string of the molecule is CC(C)(C)CC(O)CNCC(O)CC1CCCC1. The van der Waals surface area contributed by atoms with Crippen molar-refractivity contribution in [1.82, 2.24) is 5.32 Å². The lowest BCUT2D eigenvalue weighted by molar-refractivity contribution is 0.105. The zero-order valence-electron chi connectivity index (χ0n) is 12.3. The Kier molecular flexibility index (Phi) is 6.61. The molecule has 3 heteroatoms. The number of nitrogens with one attached hydrogen (secondary N) is 1. The first-order chi connectivity index (χ1) is 8.37. The quantitative estimate of drug-likeness (QED) is 0.656. The van der Waals surface area contributed by atoms with Gasteiger partial charge in [-0.05, 0) is 24.2 Å². The summed E-state index contributed by atoms with van der Waals surface area (Å²) < 4.78 is 0. The fraction of sp³-hybridized carbons (Fsp3) is 1.00. The molecule has 18 heavy (non-hydrogen) atoms. The summed E-state index contributed by atoms with van der Waals surface area (Å²) >= 11 is 0. The maximum Gasteiger partial charge on any atom is 0.0669 e. The standard InChI is InChI=1S/C15H31NO2/c1-15(2,3)9-14(18)11-16-10-13(17)8-12-6-4-5-7-12/h12-14,16-18H,4-11H2,1-3H3. The van der Waals surface area contributed by atoms with E-state index in [0.717, 1.165) is 18.8 Å². The lowest BCUT2D eigenvalue weighted by Crippen LogP contribution is -2.35. The highest BCUT2D eigenvalue weighted by atomic mass is 16.3. The van der Waals surface area contributed by atoms with E-state index in [9.17, 15) is 10.2 Å². The molecule has 0 amide bonds. The smallest absolute Gasteiger partial charge is 0.0669 e. The molecule has 2 atom stereocenters. The number of aliphatic hydroxyl groups is 2. The van der Waals surface area contributed by atoms with Crippen LogP contribution in [0.2, 0.25) is 0 Å². The van der Waals surface area contributed by atoms with Gasteiger partial charge in [0.15, 0.2) is 0 Å². The minimum Gasteiger partial charge on any atom is -0.392 e. The molecule has 1 fully saturated rings. The van der Waals surface area contributed by atoms with Crippen molar-refractivity contribution in [1.29, 1.82) is 0 Å². The van der Waals surface area contributed by atoms with Crippen LogP contribution in [-0.2, 0) is 0 Å². The lowest BCUT2D eigenvalue weighted by atomic mass is 9.89. The van der Waals surface area contributed by atoms with Gasteiger partial charge < -0.3 is 15.5 Å². The second-order valence-electron chi connectivity index (χ2n) is 7.12. The van der Waals surface area contributed by atoms with Crippen molar-refractivity contribution in [2.24, 2.45) is 11.3 Å². The molecule has 1 saturated carbocycles. The van der Waals surface area contributed by atoms with Crippen LogP contribution >= 0.6 is 0 Å². The summed E-state index contributed by atoms with van der Waals surface area (Å²) in [5, 5.41) is 22.9. The van der Waals surface area contributed by atoms with Crippen LogP contribution in [0.25, 0.3) is 0 Å². The molecular weight excluding hydrogens is 226 g/mol. The minimum absolute atomic E-state index is 0.156. The maximum atomic E-state index is 9.91. The zero-order chi connectivity index (χ0) is 13.6. The molecule has 0 radical (unpaired) electrons. The summed E-state index contributed by atoms with van der Waals surface area (Å²) in [6.45, 7) is 7.58. The number of hydrogen-bond acceptors (Lipinski definition) is 3. The molecule has 1 rings (SSSR count). The first kappa shape index (κ1) is 15.9. The molecule has 0 spiro atoms. The van der Waals surface area contributed by atoms with Gasteiger partial charge in [-0.3, -0.25) is 0 Å². The molecule has 0 aromatic rings. The van der Waals surface area contributed by atoms with Crippen LogP contribution in [0.4, 0.5) is 0 Å². The molecule has 108 valence electrons. The fourth-order valence-electron chi connectivity index (χ4n) is 2.91. The Morgan fingerprint density at radius 1 is 1.06 bits per heavy atom. The van der Waals surface area contributed by atoms with Gasteiger partial charge in [0.05, 0.1) is 12.2 Å². The highest BCUT2D eigenvalue weighted by molar-refractivity contribution is 4.74. The van der Waals surface area contributed by atoms with Crippen molar-refractivity contribution in [3.63, 3.8) is 0 Å². The molecule has 0 aliphatic heterocycles. The van der Waals surface area contributed by atoms with Crippen LogP contribution in [-0.4, -0.2) is 35.5 Å². The molecule has 3 N–H and O–H groups in total. The van der Waals surface area contributed by atoms with E-state index < -0.39 is 0 Å². The fourth-order valence-corrected chi connectivity index (χ4v) is 2.91. The van der Waals surface area contributed by atoms with E-state index >= 15 is 0 Å². The van der Waals surface area contributed by atoms with E-state index in [2.05, 4.69) is 26.1 Å². The average Bonchev–Trinajstić information content (AvgIpc) is 2.67. The predicted molar refractivity (Wildman–Crippen MR) is 75.5 cm³/mol. The Bertz CT molecular complexity index is 219. The Morgan fingerprint density at radius 2 is 1.61 bits per heavy atom. The van der Waals surface area contributed by atoms with Gasteiger partial charge in [0.1, 0.15) is 0 Å². The Labute approximate surface area is 112 Å². The molecule has 0 heterocycles. The highest BCUT2D eigenvalue weighted by Gasteiger charge is 2.19. The first-order valence-electron chi connectivity index (χ1n) is 7.43. The average molecular weight is 257 g/mol. The van der Waals surface area contributed by atoms with Gasteiger partial charge in [0, 0.05) is 13.1 Å². The molecule has 1 aliphatic carbocycles. The first-order valence-corrected chi connectivity index (χ1v) is 7.43. The molecule has 2 unspecified atom stereocenters. The van der Waals surface area contributed by atoms with Gasteiger partial charge in [-0.25, -0.2) is 0 Å². The third kappa shape index (κ3) is 7.34. The van der Waals surface area contributed by atoms with Crippen LogP contribution in [0.1, 0.15) is 59.3 Å².